The van der Waals surface area contributed by atoms with Crippen molar-refractivity contribution in [2.75, 3.05) is 23.1 Å². The van der Waals surface area contributed by atoms with Gasteiger partial charge in [-0.1, -0.05) is 6.07 Å². The monoisotopic (exact) mass is 398 g/mol. The van der Waals surface area contributed by atoms with E-state index in [0.717, 1.165) is 11.1 Å². The van der Waals surface area contributed by atoms with Crippen LogP contribution in [0.5, 0.6) is 5.75 Å². The van der Waals surface area contributed by atoms with Gasteiger partial charge in [0.05, 0.1) is 23.8 Å². The topological polar surface area (TPSA) is 75.7 Å². The number of anilines is 2. The molecule has 2 aromatic carbocycles. The summed E-state index contributed by atoms with van der Waals surface area (Å²) in [6, 6.07) is 12.5. The quantitative estimate of drug-likeness (QED) is 0.756. The number of nitrogens with zero attached hydrogens (tertiary/aromatic N) is 1. The van der Waals surface area contributed by atoms with Gasteiger partial charge in [0.2, 0.25) is 17.7 Å². The van der Waals surface area contributed by atoms with Crippen LogP contribution >= 0.6 is 11.8 Å². The number of methoxy groups -OCH3 is 1. The maximum absolute atomic E-state index is 12.7. The molecule has 1 aliphatic heterocycles. The molecule has 7 heteroatoms. The largest absolute Gasteiger partial charge is 0.497 e. The van der Waals surface area contributed by atoms with Crippen molar-refractivity contribution in [3.63, 3.8) is 0 Å². The zero-order valence-electron chi connectivity index (χ0n) is 16.0. The second-order valence-electron chi connectivity index (χ2n) is 6.62. The standard InChI is InChI=1S/C21H22N2O4S/c1-13-4-7-16(10-14(13)2)23-20(25)11-18(21(23)26)28-12-19(24)22-15-5-8-17(27-3)9-6-15/h4-10,18H,11-12H2,1-3H3,(H,22,24)/t18-/m1/s1. The first kappa shape index (κ1) is 19.9. The Morgan fingerprint density at radius 2 is 1.86 bits per heavy atom. The highest BCUT2D eigenvalue weighted by Gasteiger charge is 2.40. The maximum Gasteiger partial charge on any atom is 0.247 e. The Kier molecular flexibility index (Phi) is 6.04. The lowest BCUT2D eigenvalue weighted by molar-refractivity contribution is -0.121. The minimum absolute atomic E-state index is 0.0937. The molecule has 1 saturated heterocycles. The van der Waals surface area contributed by atoms with Crippen molar-refractivity contribution < 1.29 is 19.1 Å². The lowest BCUT2D eigenvalue weighted by atomic mass is 10.1. The molecule has 0 unspecified atom stereocenters. The van der Waals surface area contributed by atoms with Crippen LogP contribution in [0.15, 0.2) is 42.5 Å². The number of aryl methyl sites for hydroxylation is 2. The number of nitrogens with one attached hydrogen (secondary N) is 1. The zero-order valence-corrected chi connectivity index (χ0v) is 16.8. The number of hydrogen-bond acceptors (Lipinski definition) is 5. The van der Waals surface area contributed by atoms with Crippen molar-refractivity contribution in [3.8, 4) is 5.75 Å². The molecule has 0 spiro atoms. The van der Waals surface area contributed by atoms with Crippen molar-refractivity contribution in [2.45, 2.75) is 25.5 Å². The Bertz CT molecular complexity index is 911. The van der Waals surface area contributed by atoms with Crippen LogP contribution in [0.4, 0.5) is 11.4 Å². The number of imide groups is 1. The highest BCUT2D eigenvalue weighted by Crippen LogP contribution is 2.30. The third-order valence-corrected chi connectivity index (χ3v) is 5.84. The zero-order chi connectivity index (χ0) is 20.3. The predicted octanol–water partition coefficient (Wildman–Crippen LogP) is 3.32. The van der Waals surface area contributed by atoms with Gasteiger partial charge >= 0.3 is 0 Å². The van der Waals surface area contributed by atoms with Gasteiger partial charge in [0.15, 0.2) is 0 Å². The molecular weight excluding hydrogens is 376 g/mol. The molecule has 1 fully saturated rings. The van der Waals surface area contributed by atoms with E-state index in [1.54, 1.807) is 37.4 Å². The van der Waals surface area contributed by atoms with Crippen LogP contribution in [-0.2, 0) is 14.4 Å². The van der Waals surface area contributed by atoms with Gasteiger partial charge in [-0.15, -0.1) is 11.8 Å². The number of thioether (sulfide) groups is 1. The molecule has 0 radical (unpaired) electrons. The molecule has 3 amide bonds. The fraction of sp³-hybridized carbons (Fsp3) is 0.286. The van der Waals surface area contributed by atoms with E-state index in [1.807, 2.05) is 26.0 Å². The average molecular weight is 398 g/mol. The van der Waals surface area contributed by atoms with Crippen molar-refractivity contribution in [2.24, 2.45) is 0 Å². The van der Waals surface area contributed by atoms with Gasteiger partial charge in [0.1, 0.15) is 5.75 Å². The Morgan fingerprint density at radius 3 is 2.50 bits per heavy atom. The normalized spacial score (nSPS) is 16.4. The van der Waals surface area contributed by atoms with Gasteiger partial charge < -0.3 is 10.1 Å². The molecule has 3 rings (SSSR count). The molecule has 28 heavy (non-hydrogen) atoms. The van der Waals surface area contributed by atoms with Crippen molar-refractivity contribution in [3.05, 3.63) is 53.6 Å². The molecule has 1 N–H and O–H groups in total. The summed E-state index contributed by atoms with van der Waals surface area (Å²) in [6.45, 7) is 3.92. The SMILES string of the molecule is COc1ccc(NC(=O)CS[C@@H]2CC(=O)N(c3ccc(C)c(C)c3)C2=O)cc1. The average Bonchev–Trinajstić information content (AvgIpc) is 2.96. The molecule has 1 aliphatic rings. The number of rotatable bonds is 6. The smallest absolute Gasteiger partial charge is 0.247 e. The Morgan fingerprint density at radius 1 is 1.14 bits per heavy atom. The first-order valence-electron chi connectivity index (χ1n) is 8.88. The Hall–Kier alpha value is -2.80. The van der Waals surface area contributed by atoms with Crippen molar-refractivity contribution in [1.29, 1.82) is 0 Å². The Labute approximate surface area is 168 Å². The van der Waals surface area contributed by atoms with Crippen LogP contribution < -0.4 is 15.0 Å². The van der Waals surface area contributed by atoms with Crippen LogP contribution in [0.3, 0.4) is 0 Å². The van der Waals surface area contributed by atoms with Gasteiger partial charge in [-0.25, -0.2) is 4.90 Å². The van der Waals surface area contributed by atoms with Crippen molar-refractivity contribution >= 4 is 40.9 Å². The summed E-state index contributed by atoms with van der Waals surface area (Å²) in [5.41, 5.74) is 3.36. The summed E-state index contributed by atoms with van der Waals surface area (Å²) < 4.78 is 5.08. The first-order chi connectivity index (χ1) is 13.4. The first-order valence-corrected chi connectivity index (χ1v) is 9.93. The third-order valence-electron chi connectivity index (χ3n) is 4.64. The van der Waals surface area contributed by atoms with E-state index in [9.17, 15) is 14.4 Å². The number of hydrogen-bond donors (Lipinski definition) is 1. The van der Waals surface area contributed by atoms with Crippen LogP contribution in [0.1, 0.15) is 17.5 Å². The fourth-order valence-electron chi connectivity index (χ4n) is 2.92. The van der Waals surface area contributed by atoms with E-state index >= 15 is 0 Å². The summed E-state index contributed by atoms with van der Waals surface area (Å²) in [7, 11) is 1.57. The van der Waals surface area contributed by atoms with Crippen LogP contribution in [0.2, 0.25) is 0 Å². The van der Waals surface area contributed by atoms with E-state index < -0.39 is 5.25 Å². The maximum atomic E-state index is 12.7. The van der Waals surface area contributed by atoms with Gasteiger partial charge in [0.25, 0.3) is 0 Å². The van der Waals surface area contributed by atoms with Crippen LogP contribution in [0, 0.1) is 13.8 Å². The minimum Gasteiger partial charge on any atom is -0.497 e. The molecule has 1 heterocycles. The molecule has 2 aromatic rings. The fourth-order valence-corrected chi connectivity index (χ4v) is 3.85. The molecule has 0 saturated carbocycles. The van der Waals surface area contributed by atoms with E-state index in [1.165, 1.54) is 16.7 Å². The van der Waals surface area contributed by atoms with Gasteiger partial charge in [0, 0.05) is 12.1 Å². The molecular formula is C21H22N2O4S. The van der Waals surface area contributed by atoms with Gasteiger partial charge in [-0.05, 0) is 61.4 Å². The lowest BCUT2D eigenvalue weighted by Gasteiger charge is -2.16. The molecule has 146 valence electrons. The summed E-state index contributed by atoms with van der Waals surface area (Å²) in [5.74, 6) is 0.0713. The summed E-state index contributed by atoms with van der Waals surface area (Å²) in [6.07, 6.45) is 0.103. The van der Waals surface area contributed by atoms with Crippen LogP contribution in [0.25, 0.3) is 0 Å². The number of carbonyl (C=O) groups is 3. The van der Waals surface area contributed by atoms with E-state index in [0.29, 0.717) is 17.1 Å². The molecule has 6 nitrogen and oxygen atoms in total. The van der Waals surface area contributed by atoms with E-state index in [4.69, 9.17) is 4.74 Å². The Balaban J connectivity index is 1.58. The molecule has 0 aliphatic carbocycles. The second kappa shape index (κ2) is 8.48. The summed E-state index contributed by atoms with van der Waals surface area (Å²) in [4.78, 5) is 38.5. The highest BCUT2D eigenvalue weighted by atomic mass is 32.2. The third kappa shape index (κ3) is 4.36. The minimum atomic E-state index is -0.546. The second-order valence-corrected chi connectivity index (χ2v) is 7.81. The van der Waals surface area contributed by atoms with Crippen LogP contribution in [-0.4, -0.2) is 35.8 Å². The lowest BCUT2D eigenvalue weighted by Crippen LogP contribution is -2.31. The number of carbonyl (C=O) groups excluding carboxylic acids is 3. The number of benzene rings is 2. The highest BCUT2D eigenvalue weighted by molar-refractivity contribution is 8.01. The molecule has 0 bridgehead atoms. The summed E-state index contributed by atoms with van der Waals surface area (Å²) >= 11 is 1.19. The van der Waals surface area contributed by atoms with Gasteiger partial charge in [-0.3, -0.25) is 14.4 Å². The van der Waals surface area contributed by atoms with E-state index in [-0.39, 0.29) is 29.9 Å². The molecule has 0 aromatic heterocycles. The summed E-state index contributed by atoms with van der Waals surface area (Å²) in [5, 5.41) is 2.23. The van der Waals surface area contributed by atoms with Gasteiger partial charge in [-0.2, -0.15) is 0 Å². The predicted molar refractivity (Wildman–Crippen MR) is 111 cm³/mol. The van der Waals surface area contributed by atoms with E-state index in [2.05, 4.69) is 5.32 Å². The molecule has 1 atom stereocenters. The van der Waals surface area contributed by atoms with Crippen molar-refractivity contribution in [1.82, 2.24) is 0 Å². The number of ether oxygens (including phenoxy) is 1. The number of amides is 3.